The molecule has 0 unspecified atom stereocenters. The largest absolute Gasteiger partial charge is 0.356 e. The number of carbonyl (C=O) groups is 1. The molecule has 1 saturated heterocycles. The highest BCUT2D eigenvalue weighted by molar-refractivity contribution is 5.77. The summed E-state index contributed by atoms with van der Waals surface area (Å²) in [6.07, 6.45) is 6.84. The van der Waals surface area contributed by atoms with E-state index in [1.165, 1.54) is 36.8 Å². The van der Waals surface area contributed by atoms with Crippen molar-refractivity contribution in [3.63, 3.8) is 0 Å². The first-order valence-corrected chi connectivity index (χ1v) is 8.84. The van der Waals surface area contributed by atoms with E-state index in [0.29, 0.717) is 17.8 Å². The fraction of sp³-hybridized carbons (Fsp3) is 0.632. The molecule has 4 rings (SSSR count). The second kappa shape index (κ2) is 5.69. The van der Waals surface area contributed by atoms with E-state index < -0.39 is 0 Å². The normalized spacial score (nSPS) is 25.9. The van der Waals surface area contributed by atoms with Crippen LogP contribution in [-0.2, 0) is 10.2 Å². The molecule has 2 N–H and O–H groups in total. The van der Waals surface area contributed by atoms with Gasteiger partial charge in [-0.2, -0.15) is 0 Å². The van der Waals surface area contributed by atoms with Gasteiger partial charge in [0.25, 0.3) is 0 Å². The molecule has 1 aromatic carbocycles. The highest BCUT2D eigenvalue weighted by Crippen LogP contribution is 2.51. The third-order valence-corrected chi connectivity index (χ3v) is 5.89. The molecule has 1 atom stereocenters. The molecule has 3 heteroatoms. The number of rotatable bonds is 4. The van der Waals surface area contributed by atoms with Crippen LogP contribution >= 0.6 is 0 Å². The summed E-state index contributed by atoms with van der Waals surface area (Å²) in [6, 6.07) is 8.86. The minimum absolute atomic E-state index is 0.248. The van der Waals surface area contributed by atoms with Gasteiger partial charge in [0.05, 0.1) is 0 Å². The second-order valence-corrected chi connectivity index (χ2v) is 7.47. The lowest BCUT2D eigenvalue weighted by molar-refractivity contribution is -0.121. The van der Waals surface area contributed by atoms with Crippen molar-refractivity contribution in [1.29, 1.82) is 0 Å². The monoisotopic (exact) mass is 298 g/mol. The highest BCUT2D eigenvalue weighted by Gasteiger charge is 2.44. The lowest BCUT2D eigenvalue weighted by Crippen LogP contribution is -2.38. The topological polar surface area (TPSA) is 41.1 Å². The molecule has 0 bridgehead atoms. The van der Waals surface area contributed by atoms with Crippen LogP contribution in [0.2, 0.25) is 0 Å². The molecular weight excluding hydrogens is 272 g/mol. The van der Waals surface area contributed by atoms with Crippen LogP contribution in [0.3, 0.4) is 0 Å². The van der Waals surface area contributed by atoms with E-state index in [0.717, 1.165) is 32.0 Å². The molecule has 3 aliphatic rings. The van der Waals surface area contributed by atoms with E-state index in [-0.39, 0.29) is 5.91 Å². The van der Waals surface area contributed by atoms with E-state index in [1.54, 1.807) is 0 Å². The Kier molecular flexibility index (Phi) is 3.69. The van der Waals surface area contributed by atoms with Crippen LogP contribution in [0.25, 0.3) is 0 Å². The molecule has 2 aliphatic carbocycles. The van der Waals surface area contributed by atoms with Gasteiger partial charge in [-0.05, 0) is 73.6 Å². The van der Waals surface area contributed by atoms with E-state index >= 15 is 0 Å². The zero-order valence-corrected chi connectivity index (χ0v) is 13.2. The van der Waals surface area contributed by atoms with Gasteiger partial charge in [-0.15, -0.1) is 0 Å². The number of benzene rings is 1. The molecule has 1 spiro atoms. The quantitative estimate of drug-likeness (QED) is 0.897. The van der Waals surface area contributed by atoms with Gasteiger partial charge in [-0.1, -0.05) is 24.3 Å². The summed E-state index contributed by atoms with van der Waals surface area (Å²) < 4.78 is 0. The first kappa shape index (κ1) is 14.3. The van der Waals surface area contributed by atoms with E-state index in [2.05, 4.69) is 34.9 Å². The van der Waals surface area contributed by atoms with Crippen LogP contribution in [-0.4, -0.2) is 25.5 Å². The van der Waals surface area contributed by atoms with Crippen LogP contribution in [0, 0.1) is 5.92 Å². The zero-order chi connectivity index (χ0) is 15.0. The maximum absolute atomic E-state index is 12.3. The summed E-state index contributed by atoms with van der Waals surface area (Å²) >= 11 is 0. The van der Waals surface area contributed by atoms with Crippen molar-refractivity contribution in [2.24, 2.45) is 5.92 Å². The van der Waals surface area contributed by atoms with E-state index in [9.17, 15) is 4.79 Å². The molecular formula is C19H26N2O. The van der Waals surface area contributed by atoms with Crippen molar-refractivity contribution in [2.75, 3.05) is 19.6 Å². The maximum Gasteiger partial charge on any atom is 0.220 e. The maximum atomic E-state index is 12.3. The fourth-order valence-electron chi connectivity index (χ4n) is 4.46. The summed E-state index contributed by atoms with van der Waals surface area (Å²) in [7, 11) is 0. The molecule has 0 aromatic heterocycles. The van der Waals surface area contributed by atoms with E-state index in [4.69, 9.17) is 0 Å². The Balaban J connectivity index is 1.49. The number of piperidine rings is 1. The van der Waals surface area contributed by atoms with Crippen molar-refractivity contribution in [3.8, 4) is 0 Å². The molecule has 118 valence electrons. The van der Waals surface area contributed by atoms with Crippen molar-refractivity contribution in [3.05, 3.63) is 35.4 Å². The van der Waals surface area contributed by atoms with Crippen LogP contribution < -0.4 is 10.6 Å². The minimum Gasteiger partial charge on any atom is -0.356 e. The summed E-state index contributed by atoms with van der Waals surface area (Å²) in [5.74, 6) is 1.42. The molecule has 22 heavy (non-hydrogen) atoms. The zero-order valence-electron chi connectivity index (χ0n) is 13.2. The number of amides is 1. The van der Waals surface area contributed by atoms with Gasteiger partial charge >= 0.3 is 0 Å². The number of hydrogen-bond donors (Lipinski definition) is 2. The number of fused-ring (bicyclic) bond motifs is 2. The van der Waals surface area contributed by atoms with Crippen molar-refractivity contribution in [2.45, 2.75) is 49.9 Å². The summed E-state index contributed by atoms with van der Waals surface area (Å²) in [4.78, 5) is 12.3. The van der Waals surface area contributed by atoms with Crippen molar-refractivity contribution < 1.29 is 4.79 Å². The number of carbonyl (C=O) groups excluding carboxylic acids is 1. The van der Waals surface area contributed by atoms with Gasteiger partial charge < -0.3 is 10.6 Å². The van der Waals surface area contributed by atoms with Gasteiger partial charge in [0.2, 0.25) is 5.91 Å². The molecule has 1 aliphatic heterocycles. The molecule has 1 heterocycles. The molecule has 1 amide bonds. The van der Waals surface area contributed by atoms with Crippen LogP contribution in [0.15, 0.2) is 24.3 Å². The molecule has 2 fully saturated rings. The molecule has 1 saturated carbocycles. The minimum atomic E-state index is 0.248. The van der Waals surface area contributed by atoms with Crippen LogP contribution in [0.4, 0.5) is 0 Å². The van der Waals surface area contributed by atoms with Gasteiger partial charge in [0.15, 0.2) is 0 Å². The summed E-state index contributed by atoms with van der Waals surface area (Å²) in [5.41, 5.74) is 3.28. The van der Waals surface area contributed by atoms with Gasteiger partial charge in [-0.25, -0.2) is 0 Å². The average Bonchev–Trinajstić information content (AvgIpc) is 3.33. The van der Waals surface area contributed by atoms with Gasteiger partial charge in [0.1, 0.15) is 0 Å². The Bertz CT molecular complexity index is 558. The SMILES string of the molecule is O=C(C[C@H]1CC2(CCNCC2)c2ccccc21)NCC1CC1. The lowest BCUT2D eigenvalue weighted by Gasteiger charge is -2.35. The third-order valence-electron chi connectivity index (χ3n) is 5.89. The van der Waals surface area contributed by atoms with Crippen molar-refractivity contribution in [1.82, 2.24) is 10.6 Å². The summed E-state index contributed by atoms with van der Waals surface area (Å²) in [5, 5.41) is 6.63. The Morgan fingerprint density at radius 3 is 2.77 bits per heavy atom. The highest BCUT2D eigenvalue weighted by atomic mass is 16.1. The Morgan fingerprint density at radius 2 is 2.00 bits per heavy atom. The lowest BCUT2D eigenvalue weighted by atomic mass is 9.73. The number of hydrogen-bond acceptors (Lipinski definition) is 2. The predicted molar refractivity (Wildman–Crippen MR) is 87.9 cm³/mol. The fourth-order valence-corrected chi connectivity index (χ4v) is 4.46. The Labute approximate surface area is 132 Å². The van der Waals surface area contributed by atoms with Gasteiger partial charge in [-0.3, -0.25) is 4.79 Å². The standard InChI is InChI=1S/C19H26N2O/c22-18(21-13-14-5-6-14)11-15-12-19(7-9-20-10-8-19)17-4-2-1-3-16(15)17/h1-4,14-15,20H,5-13H2,(H,21,22)/t15-/m0/s1. The summed E-state index contributed by atoms with van der Waals surface area (Å²) in [6.45, 7) is 3.10. The Morgan fingerprint density at radius 1 is 1.23 bits per heavy atom. The second-order valence-electron chi connectivity index (χ2n) is 7.47. The van der Waals surface area contributed by atoms with Crippen LogP contribution in [0.5, 0.6) is 0 Å². The van der Waals surface area contributed by atoms with Crippen molar-refractivity contribution >= 4 is 5.91 Å². The molecule has 3 nitrogen and oxygen atoms in total. The number of nitrogens with one attached hydrogen (secondary N) is 2. The first-order valence-electron chi connectivity index (χ1n) is 8.84. The Hall–Kier alpha value is -1.35. The molecule has 0 radical (unpaired) electrons. The first-order chi connectivity index (χ1) is 10.8. The predicted octanol–water partition coefficient (Wildman–Crippen LogP) is 2.71. The third kappa shape index (κ3) is 2.67. The van der Waals surface area contributed by atoms with Crippen LogP contribution in [0.1, 0.15) is 55.6 Å². The van der Waals surface area contributed by atoms with Gasteiger partial charge in [0, 0.05) is 13.0 Å². The molecule has 1 aromatic rings. The van der Waals surface area contributed by atoms with E-state index in [1.807, 2.05) is 0 Å². The average molecular weight is 298 g/mol. The smallest absolute Gasteiger partial charge is 0.220 e.